The van der Waals surface area contributed by atoms with E-state index in [0.717, 1.165) is 70.6 Å². The number of esters is 2. The van der Waals surface area contributed by atoms with Gasteiger partial charge in [-0.05, 0) is 83.5 Å². The molecule has 0 bridgehead atoms. The van der Waals surface area contributed by atoms with Gasteiger partial charge < -0.3 is 14.2 Å². The smallest absolute Gasteiger partial charge is 0.306 e. The monoisotopic (exact) mass is 783 g/mol. The average Bonchev–Trinajstić information content (AvgIpc) is 3.20. The predicted molar refractivity (Wildman–Crippen MR) is 242 cm³/mol. The molecule has 0 aromatic rings. The van der Waals surface area contributed by atoms with E-state index >= 15 is 0 Å². The molecular formula is C51H90O5. The van der Waals surface area contributed by atoms with Crippen LogP contribution < -0.4 is 0 Å². The highest BCUT2D eigenvalue weighted by molar-refractivity contribution is 5.70. The van der Waals surface area contributed by atoms with Crippen molar-refractivity contribution >= 4 is 11.9 Å². The van der Waals surface area contributed by atoms with Crippen LogP contribution >= 0.6 is 0 Å². The highest BCUT2D eigenvalue weighted by Crippen LogP contribution is 2.13. The van der Waals surface area contributed by atoms with Gasteiger partial charge in [-0.3, -0.25) is 9.59 Å². The van der Waals surface area contributed by atoms with Crippen LogP contribution in [0, 0.1) is 0 Å². The largest absolute Gasteiger partial charge is 0.462 e. The first kappa shape index (κ1) is 53.6. The fraction of sp³-hybridized carbons (Fsp3) is 0.765. The first-order valence-corrected chi connectivity index (χ1v) is 23.8. The fourth-order valence-corrected chi connectivity index (χ4v) is 6.49. The number of allylic oxidation sites excluding steroid dienone is 10. The predicted octanol–water partition coefficient (Wildman–Crippen LogP) is 15.8. The fourth-order valence-electron chi connectivity index (χ4n) is 6.49. The Hall–Kier alpha value is -2.40. The molecule has 0 saturated carbocycles. The zero-order chi connectivity index (χ0) is 40.7. The summed E-state index contributed by atoms with van der Waals surface area (Å²) in [6.45, 7) is 7.64. The molecule has 0 aromatic carbocycles. The van der Waals surface area contributed by atoms with Gasteiger partial charge in [0.25, 0.3) is 0 Å². The molecule has 0 N–H and O–H groups in total. The van der Waals surface area contributed by atoms with Crippen LogP contribution in [0.5, 0.6) is 0 Å². The number of hydrogen-bond donors (Lipinski definition) is 0. The van der Waals surface area contributed by atoms with E-state index < -0.39 is 6.10 Å². The maximum atomic E-state index is 12.7. The van der Waals surface area contributed by atoms with Crippen LogP contribution in [0.1, 0.15) is 226 Å². The molecule has 5 heteroatoms. The van der Waals surface area contributed by atoms with E-state index in [1.165, 1.54) is 122 Å². The highest BCUT2D eigenvalue weighted by Gasteiger charge is 2.17. The summed E-state index contributed by atoms with van der Waals surface area (Å²) in [5.41, 5.74) is 0. The second kappa shape index (κ2) is 47.0. The van der Waals surface area contributed by atoms with Gasteiger partial charge in [-0.1, -0.05) is 191 Å². The molecule has 0 heterocycles. The van der Waals surface area contributed by atoms with E-state index in [4.69, 9.17) is 14.2 Å². The van der Waals surface area contributed by atoms with E-state index in [0.29, 0.717) is 19.4 Å². The third-order valence-corrected chi connectivity index (χ3v) is 10.0. The quantitative estimate of drug-likeness (QED) is 0.0350. The van der Waals surface area contributed by atoms with Gasteiger partial charge >= 0.3 is 11.9 Å². The Kier molecular flexibility index (Phi) is 45.0. The summed E-state index contributed by atoms with van der Waals surface area (Å²) >= 11 is 0. The summed E-state index contributed by atoms with van der Waals surface area (Å²) in [7, 11) is 0. The number of hydrogen-bond acceptors (Lipinski definition) is 5. The van der Waals surface area contributed by atoms with Crippen molar-refractivity contribution in [1.29, 1.82) is 0 Å². The van der Waals surface area contributed by atoms with Gasteiger partial charge in [0.1, 0.15) is 6.61 Å². The van der Waals surface area contributed by atoms with Gasteiger partial charge in [-0.2, -0.15) is 0 Å². The van der Waals surface area contributed by atoms with Crippen molar-refractivity contribution in [3.05, 3.63) is 60.8 Å². The second-order valence-electron chi connectivity index (χ2n) is 15.6. The topological polar surface area (TPSA) is 61.8 Å². The molecule has 56 heavy (non-hydrogen) atoms. The van der Waals surface area contributed by atoms with Gasteiger partial charge in [-0.25, -0.2) is 0 Å². The van der Waals surface area contributed by atoms with Crippen molar-refractivity contribution in [2.75, 3.05) is 19.8 Å². The van der Waals surface area contributed by atoms with Crippen molar-refractivity contribution in [1.82, 2.24) is 0 Å². The molecule has 0 aromatic heterocycles. The molecule has 324 valence electrons. The lowest BCUT2D eigenvalue weighted by atomic mass is 10.1. The minimum Gasteiger partial charge on any atom is -0.462 e. The highest BCUT2D eigenvalue weighted by atomic mass is 16.6. The maximum absolute atomic E-state index is 12.7. The zero-order valence-corrected chi connectivity index (χ0v) is 37.1. The van der Waals surface area contributed by atoms with Gasteiger partial charge in [0.15, 0.2) is 6.10 Å². The summed E-state index contributed by atoms with van der Waals surface area (Å²) in [5.74, 6) is -0.448. The third kappa shape index (κ3) is 44.3. The van der Waals surface area contributed by atoms with Crippen LogP contribution in [0.15, 0.2) is 60.8 Å². The molecule has 1 atom stereocenters. The van der Waals surface area contributed by atoms with Crippen molar-refractivity contribution in [3.63, 3.8) is 0 Å². The molecule has 0 aliphatic carbocycles. The lowest BCUT2D eigenvalue weighted by molar-refractivity contribution is -0.163. The molecular weight excluding hydrogens is 693 g/mol. The summed E-state index contributed by atoms with van der Waals surface area (Å²) in [5, 5.41) is 0. The van der Waals surface area contributed by atoms with E-state index in [1.54, 1.807) is 0 Å². The minimum atomic E-state index is -0.552. The molecule has 0 aliphatic rings. The zero-order valence-electron chi connectivity index (χ0n) is 37.1. The summed E-state index contributed by atoms with van der Waals surface area (Å²) in [6, 6.07) is 0. The van der Waals surface area contributed by atoms with E-state index in [1.807, 2.05) is 0 Å². The second-order valence-corrected chi connectivity index (χ2v) is 15.6. The van der Waals surface area contributed by atoms with Crippen LogP contribution in [0.25, 0.3) is 0 Å². The maximum Gasteiger partial charge on any atom is 0.306 e. The molecule has 0 radical (unpaired) electrons. The van der Waals surface area contributed by atoms with E-state index in [9.17, 15) is 9.59 Å². The average molecular weight is 783 g/mol. The van der Waals surface area contributed by atoms with E-state index in [2.05, 4.69) is 81.5 Å². The third-order valence-electron chi connectivity index (χ3n) is 10.0. The van der Waals surface area contributed by atoms with Crippen LogP contribution in [0.2, 0.25) is 0 Å². The summed E-state index contributed by atoms with van der Waals surface area (Å²) < 4.78 is 17.3. The van der Waals surface area contributed by atoms with Crippen LogP contribution in [0.3, 0.4) is 0 Å². The Bertz CT molecular complexity index is 977. The van der Waals surface area contributed by atoms with Gasteiger partial charge in [0.2, 0.25) is 0 Å². The Morgan fingerprint density at radius 3 is 1.34 bits per heavy atom. The Morgan fingerprint density at radius 1 is 0.411 bits per heavy atom. The summed E-state index contributed by atoms with van der Waals surface area (Å²) in [6.07, 6.45) is 58.0. The van der Waals surface area contributed by atoms with Crippen LogP contribution in [-0.4, -0.2) is 37.9 Å². The number of unbranched alkanes of at least 4 members (excludes halogenated alkanes) is 22. The van der Waals surface area contributed by atoms with Crippen molar-refractivity contribution in [3.8, 4) is 0 Å². The van der Waals surface area contributed by atoms with Crippen molar-refractivity contribution in [2.45, 2.75) is 232 Å². The van der Waals surface area contributed by atoms with Gasteiger partial charge in [0.05, 0.1) is 6.61 Å². The number of carbonyl (C=O) groups is 2. The number of carbonyl (C=O) groups excluding carboxylic acids is 2. The first-order chi connectivity index (χ1) is 27.6. The van der Waals surface area contributed by atoms with Gasteiger partial charge in [-0.15, -0.1) is 0 Å². The molecule has 0 rings (SSSR count). The molecule has 0 spiro atoms. The van der Waals surface area contributed by atoms with Crippen LogP contribution in [0.4, 0.5) is 0 Å². The minimum absolute atomic E-state index is 0.0621. The molecule has 1 unspecified atom stereocenters. The standard InChI is InChI=1S/C51H90O5/c1-4-7-10-13-16-19-21-23-25-27-29-31-34-37-40-43-46-54-47-49(56-51(53)45-42-39-36-32-18-15-12-9-6-3)48-55-50(52)44-41-38-35-33-30-28-26-24-22-20-17-14-11-8-5-2/h8,11,17,20,23-26,30,33,49H,4-7,9-10,12-16,18-19,21-22,27-29,31-32,34-48H2,1-3H3/b11-8-,20-17-,25-23-,26-24-,33-30-. The molecule has 0 saturated heterocycles. The molecule has 5 nitrogen and oxygen atoms in total. The number of rotatable bonds is 43. The molecule has 0 amide bonds. The molecule has 0 fully saturated rings. The van der Waals surface area contributed by atoms with E-state index in [-0.39, 0.29) is 25.2 Å². The first-order valence-electron chi connectivity index (χ1n) is 23.8. The Morgan fingerprint density at radius 2 is 0.804 bits per heavy atom. The normalized spacial score (nSPS) is 12.7. The SMILES string of the molecule is CC/C=C\C/C=C\C/C=C\C/C=C\CCCCC(=O)OCC(COCCCCCCCC/C=C\CCCCCCCC)OC(=O)CCCCCCCCCCC. The lowest BCUT2D eigenvalue weighted by Crippen LogP contribution is -2.30. The van der Waals surface area contributed by atoms with Crippen molar-refractivity contribution < 1.29 is 23.8 Å². The number of ether oxygens (including phenoxy) is 3. The summed E-state index contributed by atoms with van der Waals surface area (Å²) in [4.78, 5) is 25.2. The van der Waals surface area contributed by atoms with Gasteiger partial charge in [0, 0.05) is 19.4 Å². The lowest BCUT2D eigenvalue weighted by Gasteiger charge is -2.18. The van der Waals surface area contributed by atoms with Crippen molar-refractivity contribution in [2.24, 2.45) is 0 Å². The van der Waals surface area contributed by atoms with Crippen LogP contribution in [-0.2, 0) is 23.8 Å². The Balaban J connectivity index is 4.28. The Labute approximate surface area is 347 Å². The molecule has 0 aliphatic heterocycles.